The molecule has 1 fully saturated rings. The zero-order valence-electron chi connectivity index (χ0n) is 25.9. The second kappa shape index (κ2) is 16.4. The molecular formula is C36H39N3O6S. The van der Waals surface area contributed by atoms with E-state index in [1.54, 1.807) is 24.9 Å². The Morgan fingerprint density at radius 2 is 1.65 bits per heavy atom. The standard InChI is InChI=1S/C36H39N3O6S/c1-3-43-33(41)21-39-36(42)38-20-29-8-4-5-9-30(29)26-15-17-28(18-16-26)35-44-31(23-46-32-10-6-7-19-37-32)24(2)34(45-35)27-13-11-25(22-40)12-14-27/h4-19,24,31,34-35,40H,3,20-23H2,1-2H3,(H2,38,39,42)/t24-,31+,34+,35+/m1/s1. The summed E-state index contributed by atoms with van der Waals surface area (Å²) in [7, 11) is 0. The van der Waals surface area contributed by atoms with Gasteiger partial charge in [0.05, 0.1) is 30.4 Å². The summed E-state index contributed by atoms with van der Waals surface area (Å²) < 4.78 is 18.1. The number of aliphatic hydroxyl groups excluding tert-OH is 1. The highest BCUT2D eigenvalue weighted by Crippen LogP contribution is 2.43. The Kier molecular flexibility index (Phi) is 11.8. The van der Waals surface area contributed by atoms with Crippen LogP contribution in [0.2, 0.25) is 0 Å². The summed E-state index contributed by atoms with van der Waals surface area (Å²) in [5, 5.41) is 15.8. The Labute approximate surface area is 273 Å². The number of ether oxygens (including phenoxy) is 3. The van der Waals surface area contributed by atoms with Gasteiger partial charge in [0.25, 0.3) is 0 Å². The molecule has 2 heterocycles. The molecule has 46 heavy (non-hydrogen) atoms. The number of thioether (sulfide) groups is 1. The Bertz CT molecular complexity index is 1570. The first-order valence-electron chi connectivity index (χ1n) is 15.3. The maximum absolute atomic E-state index is 12.3. The van der Waals surface area contributed by atoms with Gasteiger partial charge in [-0.1, -0.05) is 85.8 Å². The van der Waals surface area contributed by atoms with E-state index in [9.17, 15) is 14.7 Å². The maximum atomic E-state index is 12.3. The van der Waals surface area contributed by atoms with Crippen LogP contribution in [0, 0.1) is 5.92 Å². The van der Waals surface area contributed by atoms with Crippen LogP contribution in [0.4, 0.5) is 4.79 Å². The second-order valence-electron chi connectivity index (χ2n) is 10.9. The largest absolute Gasteiger partial charge is 0.465 e. The Hall–Kier alpha value is -4.22. The summed E-state index contributed by atoms with van der Waals surface area (Å²) in [5.41, 5.74) is 5.68. The number of hydrogen-bond acceptors (Lipinski definition) is 8. The number of pyridine rings is 1. The van der Waals surface area contributed by atoms with E-state index in [1.165, 1.54) is 0 Å². The van der Waals surface area contributed by atoms with Crippen LogP contribution >= 0.6 is 11.8 Å². The van der Waals surface area contributed by atoms with Crippen LogP contribution < -0.4 is 10.6 Å². The Morgan fingerprint density at radius 3 is 2.37 bits per heavy atom. The minimum atomic E-state index is -0.581. The van der Waals surface area contributed by atoms with Gasteiger partial charge in [0, 0.05) is 30.0 Å². The average molecular weight is 642 g/mol. The van der Waals surface area contributed by atoms with E-state index in [1.807, 2.05) is 91.0 Å². The van der Waals surface area contributed by atoms with Crippen molar-refractivity contribution in [1.82, 2.24) is 15.6 Å². The lowest BCUT2D eigenvalue weighted by atomic mass is 9.91. The van der Waals surface area contributed by atoms with Gasteiger partial charge in [0.1, 0.15) is 6.54 Å². The van der Waals surface area contributed by atoms with Crippen molar-refractivity contribution < 1.29 is 28.9 Å². The fraction of sp³-hybridized carbons (Fsp3) is 0.306. The number of rotatable bonds is 12. The number of amides is 2. The van der Waals surface area contributed by atoms with Gasteiger partial charge in [-0.15, -0.1) is 11.8 Å². The molecule has 1 saturated heterocycles. The molecule has 1 aliphatic rings. The first-order chi connectivity index (χ1) is 22.4. The van der Waals surface area contributed by atoms with Gasteiger partial charge in [-0.25, -0.2) is 9.78 Å². The maximum Gasteiger partial charge on any atom is 0.325 e. The second-order valence-corrected chi connectivity index (χ2v) is 12.0. The number of carbonyl (C=O) groups excluding carboxylic acids is 2. The zero-order chi connectivity index (χ0) is 32.3. The number of benzene rings is 3. The molecule has 0 bridgehead atoms. The van der Waals surface area contributed by atoms with E-state index in [2.05, 4.69) is 22.5 Å². The van der Waals surface area contributed by atoms with Crippen LogP contribution in [0.25, 0.3) is 11.1 Å². The van der Waals surface area contributed by atoms with Crippen LogP contribution in [0.5, 0.6) is 0 Å². The van der Waals surface area contributed by atoms with E-state index in [0.717, 1.165) is 44.2 Å². The number of nitrogens with one attached hydrogen (secondary N) is 2. The predicted molar refractivity (Wildman–Crippen MR) is 177 cm³/mol. The van der Waals surface area contributed by atoms with Gasteiger partial charge in [-0.3, -0.25) is 4.79 Å². The molecule has 3 aromatic carbocycles. The number of esters is 1. The highest BCUT2D eigenvalue weighted by Gasteiger charge is 2.38. The van der Waals surface area contributed by atoms with Crippen LogP contribution in [0.15, 0.2) is 102 Å². The molecule has 3 N–H and O–H groups in total. The van der Waals surface area contributed by atoms with Crippen LogP contribution in [-0.4, -0.2) is 47.1 Å². The molecule has 10 heteroatoms. The molecule has 4 atom stereocenters. The summed E-state index contributed by atoms with van der Waals surface area (Å²) in [5.74, 6) is 0.304. The van der Waals surface area contributed by atoms with E-state index in [4.69, 9.17) is 14.2 Å². The fourth-order valence-corrected chi connectivity index (χ4v) is 6.32. The van der Waals surface area contributed by atoms with Gasteiger partial charge < -0.3 is 30.0 Å². The SMILES string of the molecule is CCOC(=O)CNC(=O)NCc1ccccc1-c1ccc([C@H]2O[C@@H](CSc3ccccn3)[C@@H](C)[C@@H](c3ccc(CO)cc3)O2)cc1. The van der Waals surface area contributed by atoms with Crippen molar-refractivity contribution in [1.29, 1.82) is 0 Å². The summed E-state index contributed by atoms with van der Waals surface area (Å²) in [6.45, 7) is 4.21. The third-order valence-corrected chi connectivity index (χ3v) is 8.84. The van der Waals surface area contributed by atoms with E-state index in [-0.39, 0.29) is 44.4 Å². The van der Waals surface area contributed by atoms with E-state index in [0.29, 0.717) is 0 Å². The van der Waals surface area contributed by atoms with Gasteiger partial charge in [0.2, 0.25) is 0 Å². The molecule has 240 valence electrons. The molecule has 0 saturated carbocycles. The van der Waals surface area contributed by atoms with Gasteiger partial charge >= 0.3 is 12.0 Å². The lowest BCUT2D eigenvalue weighted by Gasteiger charge is -2.41. The minimum Gasteiger partial charge on any atom is -0.465 e. The van der Waals surface area contributed by atoms with Crippen molar-refractivity contribution in [3.63, 3.8) is 0 Å². The molecule has 9 nitrogen and oxygen atoms in total. The third kappa shape index (κ3) is 8.73. The molecule has 0 unspecified atom stereocenters. The van der Waals surface area contributed by atoms with Crippen molar-refractivity contribution in [3.8, 4) is 11.1 Å². The topological polar surface area (TPSA) is 119 Å². The first-order valence-corrected chi connectivity index (χ1v) is 16.3. The number of carbonyl (C=O) groups is 2. The van der Waals surface area contributed by atoms with Crippen molar-refractivity contribution >= 4 is 23.8 Å². The molecule has 0 spiro atoms. The fourth-order valence-electron chi connectivity index (χ4n) is 5.29. The molecule has 0 aliphatic carbocycles. The smallest absolute Gasteiger partial charge is 0.325 e. The first kappa shape index (κ1) is 33.2. The highest BCUT2D eigenvalue weighted by atomic mass is 32.2. The van der Waals surface area contributed by atoms with Crippen molar-refractivity contribution in [2.75, 3.05) is 18.9 Å². The van der Waals surface area contributed by atoms with Crippen molar-refractivity contribution in [2.24, 2.45) is 5.92 Å². The van der Waals surface area contributed by atoms with Gasteiger partial charge in [-0.05, 0) is 46.9 Å². The molecule has 0 radical (unpaired) electrons. The predicted octanol–water partition coefficient (Wildman–Crippen LogP) is 6.19. The molecule has 1 aliphatic heterocycles. The highest BCUT2D eigenvalue weighted by molar-refractivity contribution is 7.99. The van der Waals surface area contributed by atoms with Crippen molar-refractivity contribution in [2.45, 2.75) is 50.5 Å². The molecule has 2 amide bonds. The molecule has 4 aromatic rings. The quantitative estimate of drug-likeness (QED) is 0.124. The van der Waals surface area contributed by atoms with Crippen LogP contribution in [0.3, 0.4) is 0 Å². The average Bonchev–Trinajstić information content (AvgIpc) is 3.10. The van der Waals surface area contributed by atoms with Gasteiger partial charge in [-0.2, -0.15) is 0 Å². The monoisotopic (exact) mass is 641 g/mol. The normalized spacial score (nSPS) is 19.3. The minimum absolute atomic E-state index is 0.00927. The summed E-state index contributed by atoms with van der Waals surface area (Å²) >= 11 is 1.66. The van der Waals surface area contributed by atoms with Crippen LogP contribution in [0.1, 0.15) is 48.5 Å². The summed E-state index contributed by atoms with van der Waals surface area (Å²) in [6, 6.07) is 29.3. The Balaban J connectivity index is 1.31. The van der Waals surface area contributed by atoms with Gasteiger partial charge in [0.15, 0.2) is 6.29 Å². The lowest BCUT2D eigenvalue weighted by Crippen LogP contribution is -2.38. The lowest BCUT2D eigenvalue weighted by molar-refractivity contribution is -0.268. The summed E-state index contributed by atoms with van der Waals surface area (Å²) in [4.78, 5) is 28.3. The van der Waals surface area contributed by atoms with Crippen LogP contribution in [-0.2, 0) is 32.2 Å². The zero-order valence-corrected chi connectivity index (χ0v) is 26.7. The third-order valence-electron chi connectivity index (χ3n) is 7.81. The Morgan fingerprint density at radius 1 is 0.913 bits per heavy atom. The van der Waals surface area contributed by atoms with E-state index >= 15 is 0 Å². The number of nitrogens with zero attached hydrogens (tertiary/aromatic N) is 1. The number of hydrogen-bond donors (Lipinski definition) is 3. The summed E-state index contributed by atoms with van der Waals surface area (Å²) in [6.07, 6.45) is 0.904. The number of aliphatic hydroxyl groups is 1. The molecular weight excluding hydrogens is 602 g/mol. The number of urea groups is 1. The number of aromatic nitrogens is 1. The molecule has 5 rings (SSSR count). The van der Waals surface area contributed by atoms with Crippen molar-refractivity contribution in [3.05, 3.63) is 119 Å². The molecule has 1 aromatic heterocycles. The van der Waals surface area contributed by atoms with E-state index < -0.39 is 18.3 Å².